The summed E-state index contributed by atoms with van der Waals surface area (Å²) in [6.45, 7) is 4.40. The van der Waals surface area contributed by atoms with E-state index in [2.05, 4.69) is 11.0 Å². The number of aryl methyl sites for hydroxylation is 1. The van der Waals surface area contributed by atoms with E-state index in [0.717, 1.165) is 56.0 Å². The van der Waals surface area contributed by atoms with Gasteiger partial charge in [0, 0.05) is 25.4 Å². The summed E-state index contributed by atoms with van der Waals surface area (Å²) in [5.41, 5.74) is 8.65. The maximum Gasteiger partial charge on any atom is 0.188 e. The molecule has 0 spiro atoms. The Balaban J connectivity index is 1.50. The second-order valence-electron chi connectivity index (χ2n) is 9.15. The number of anilines is 2. The highest BCUT2D eigenvalue weighted by molar-refractivity contribution is 6.34. The molecule has 0 bridgehead atoms. The second-order valence-corrected chi connectivity index (χ2v) is 9.56. The molecule has 2 atom stereocenters. The zero-order valence-electron chi connectivity index (χ0n) is 20.8. The molecule has 0 aliphatic carbocycles. The molecule has 0 aromatic heterocycles. The second kappa shape index (κ2) is 11.3. The monoisotopic (exact) mass is 502 g/mol. The Labute approximate surface area is 212 Å². The molecule has 1 fully saturated rings. The van der Waals surface area contributed by atoms with Crippen molar-refractivity contribution in [1.82, 2.24) is 0 Å². The highest BCUT2D eigenvalue weighted by Crippen LogP contribution is 2.48. The number of fused-ring (bicyclic) bond motifs is 1. The molecule has 2 N–H and O–H groups in total. The van der Waals surface area contributed by atoms with Gasteiger partial charge in [-0.1, -0.05) is 24.6 Å². The first-order valence-corrected chi connectivity index (χ1v) is 12.7. The van der Waals surface area contributed by atoms with E-state index in [1.165, 1.54) is 5.56 Å². The number of rotatable bonds is 9. The average Bonchev–Trinajstić information content (AvgIpc) is 2.90. The van der Waals surface area contributed by atoms with Crippen molar-refractivity contribution in [2.75, 3.05) is 51.2 Å². The van der Waals surface area contributed by atoms with E-state index in [0.29, 0.717) is 47.6 Å². The Hall–Kier alpha value is -2.80. The third-order valence-corrected chi connectivity index (χ3v) is 7.42. The minimum absolute atomic E-state index is 0.0684. The largest absolute Gasteiger partial charge is 0.493 e. The Morgan fingerprint density at radius 3 is 2.60 bits per heavy atom. The first kappa shape index (κ1) is 25.3. The minimum Gasteiger partial charge on any atom is -0.493 e. The van der Waals surface area contributed by atoms with Crippen molar-refractivity contribution in [3.63, 3.8) is 0 Å². The highest BCUT2D eigenvalue weighted by atomic mass is 35.5. The van der Waals surface area contributed by atoms with Crippen molar-refractivity contribution in [2.24, 2.45) is 11.8 Å². The van der Waals surface area contributed by atoms with Gasteiger partial charge in [0.2, 0.25) is 0 Å². The number of hydrogen-bond donors (Lipinski definition) is 1. The van der Waals surface area contributed by atoms with Crippen LogP contribution in [0.5, 0.6) is 23.0 Å². The molecule has 0 amide bonds. The van der Waals surface area contributed by atoms with Crippen LogP contribution in [-0.4, -0.2) is 46.3 Å². The number of Topliss-reactive ketones (excluding diaryl/α,β-unsaturated/α-hetero) is 1. The molecule has 2 aromatic carbocycles. The van der Waals surface area contributed by atoms with Gasteiger partial charge in [0.25, 0.3) is 0 Å². The van der Waals surface area contributed by atoms with Gasteiger partial charge in [0.05, 0.1) is 30.6 Å². The molecule has 35 heavy (non-hydrogen) atoms. The summed E-state index contributed by atoms with van der Waals surface area (Å²) >= 11 is 6.45. The van der Waals surface area contributed by atoms with Crippen molar-refractivity contribution < 1.29 is 23.7 Å². The topological polar surface area (TPSA) is 83.3 Å². The number of ketones is 1. The molecule has 2 unspecified atom stereocenters. The average molecular weight is 503 g/mol. The van der Waals surface area contributed by atoms with Crippen molar-refractivity contribution in [3.8, 4) is 23.0 Å². The van der Waals surface area contributed by atoms with Gasteiger partial charge in [-0.25, -0.2) is 0 Å². The maximum atomic E-state index is 12.8. The van der Waals surface area contributed by atoms with Gasteiger partial charge in [-0.3, -0.25) is 4.79 Å². The molecule has 0 radical (unpaired) electrons. The molecule has 0 saturated carbocycles. The number of hydrogen-bond acceptors (Lipinski definition) is 7. The lowest BCUT2D eigenvalue weighted by atomic mass is 9.78. The standard InChI is InChI=1S/C27H35ClN2O5/c1-4-22(31)19-10-11-30(21-15-20(28)25(29)27-26(21)34-12-13-35-27)16-18(19)7-5-6-17-8-9-23(32-2)24(14-17)33-3/h8-9,14-15,18-19H,4-7,10-13,16,29H2,1-3H3. The molecule has 7 nitrogen and oxygen atoms in total. The lowest BCUT2D eigenvalue weighted by Crippen LogP contribution is -2.43. The van der Waals surface area contributed by atoms with Gasteiger partial charge < -0.3 is 29.6 Å². The third-order valence-electron chi connectivity index (χ3n) is 7.11. The number of benzene rings is 2. The van der Waals surface area contributed by atoms with Gasteiger partial charge in [-0.15, -0.1) is 0 Å². The van der Waals surface area contributed by atoms with Crippen LogP contribution < -0.4 is 29.6 Å². The first-order valence-electron chi connectivity index (χ1n) is 12.3. The normalized spacial score (nSPS) is 19.4. The van der Waals surface area contributed by atoms with Crippen molar-refractivity contribution in [2.45, 2.75) is 39.0 Å². The summed E-state index contributed by atoms with van der Waals surface area (Å²) in [6, 6.07) is 7.91. The predicted molar refractivity (Wildman–Crippen MR) is 138 cm³/mol. The number of methoxy groups -OCH3 is 2. The third kappa shape index (κ3) is 5.40. The Morgan fingerprint density at radius 2 is 1.89 bits per heavy atom. The Morgan fingerprint density at radius 1 is 1.14 bits per heavy atom. The smallest absolute Gasteiger partial charge is 0.188 e. The summed E-state index contributed by atoms with van der Waals surface area (Å²) in [5.74, 6) is 3.30. The van der Waals surface area contributed by atoms with Gasteiger partial charge in [0.1, 0.15) is 19.0 Å². The highest BCUT2D eigenvalue weighted by Gasteiger charge is 2.35. The fourth-order valence-corrected chi connectivity index (χ4v) is 5.44. The summed E-state index contributed by atoms with van der Waals surface area (Å²) < 4.78 is 22.5. The van der Waals surface area contributed by atoms with E-state index in [4.69, 9.17) is 36.3 Å². The lowest BCUT2D eigenvalue weighted by Gasteiger charge is -2.40. The number of piperidine rings is 1. The van der Waals surface area contributed by atoms with Gasteiger partial charge in [0.15, 0.2) is 23.0 Å². The van der Waals surface area contributed by atoms with Crippen LogP contribution in [0.3, 0.4) is 0 Å². The summed E-state index contributed by atoms with van der Waals surface area (Å²) in [6.07, 6.45) is 4.21. The van der Waals surface area contributed by atoms with Crippen LogP contribution in [0.1, 0.15) is 38.2 Å². The predicted octanol–water partition coefficient (Wildman–Crippen LogP) is 5.16. The molecular formula is C27H35ClN2O5. The fourth-order valence-electron chi connectivity index (χ4n) is 5.25. The molecule has 8 heteroatoms. The molecule has 2 aromatic rings. The Kier molecular flexibility index (Phi) is 8.16. The number of ether oxygens (including phenoxy) is 4. The number of nitrogens with two attached hydrogens (primary N) is 1. The van der Waals surface area contributed by atoms with E-state index >= 15 is 0 Å². The number of nitrogens with zero attached hydrogens (tertiary/aromatic N) is 1. The fraction of sp³-hybridized carbons (Fsp3) is 0.519. The quantitative estimate of drug-likeness (QED) is 0.474. The van der Waals surface area contributed by atoms with E-state index in [-0.39, 0.29) is 11.8 Å². The van der Waals surface area contributed by atoms with E-state index in [9.17, 15) is 4.79 Å². The lowest BCUT2D eigenvalue weighted by molar-refractivity contribution is -0.124. The SMILES string of the molecule is CCC(=O)C1CCN(c2cc(Cl)c(N)c3c2OCCO3)CC1CCCc1ccc(OC)c(OC)c1. The van der Waals surface area contributed by atoms with Crippen LogP contribution in [0.4, 0.5) is 11.4 Å². The summed E-state index contributed by atoms with van der Waals surface area (Å²) in [7, 11) is 3.29. The number of carbonyl (C=O) groups is 1. The Bertz CT molecular complexity index is 1060. The zero-order chi connectivity index (χ0) is 24.9. The molecule has 1 saturated heterocycles. The van der Waals surface area contributed by atoms with Gasteiger partial charge in [-0.05, 0) is 55.4 Å². The molecule has 2 aliphatic rings. The summed E-state index contributed by atoms with van der Waals surface area (Å²) in [5, 5.41) is 0.459. The van der Waals surface area contributed by atoms with Crippen molar-refractivity contribution in [1.29, 1.82) is 0 Å². The number of nitrogen functional groups attached to an aromatic ring is 1. The molecule has 4 rings (SSSR count). The van der Waals surface area contributed by atoms with Crippen LogP contribution >= 0.6 is 11.6 Å². The van der Waals surface area contributed by atoms with E-state index < -0.39 is 0 Å². The zero-order valence-corrected chi connectivity index (χ0v) is 21.5. The van der Waals surface area contributed by atoms with Gasteiger partial charge >= 0.3 is 0 Å². The van der Waals surface area contributed by atoms with Crippen LogP contribution in [0, 0.1) is 11.8 Å². The van der Waals surface area contributed by atoms with E-state index in [1.807, 2.05) is 25.1 Å². The van der Waals surface area contributed by atoms with Crippen LogP contribution in [-0.2, 0) is 11.2 Å². The van der Waals surface area contributed by atoms with Crippen LogP contribution in [0.25, 0.3) is 0 Å². The maximum absolute atomic E-state index is 12.8. The molecule has 190 valence electrons. The van der Waals surface area contributed by atoms with E-state index in [1.54, 1.807) is 14.2 Å². The van der Waals surface area contributed by atoms with Crippen LogP contribution in [0.15, 0.2) is 24.3 Å². The van der Waals surface area contributed by atoms with Crippen LogP contribution in [0.2, 0.25) is 5.02 Å². The first-order chi connectivity index (χ1) is 17.0. The number of carbonyl (C=O) groups excluding carboxylic acids is 1. The van der Waals surface area contributed by atoms with Gasteiger partial charge in [-0.2, -0.15) is 0 Å². The van der Waals surface area contributed by atoms with Crippen molar-refractivity contribution in [3.05, 3.63) is 34.9 Å². The summed E-state index contributed by atoms with van der Waals surface area (Å²) in [4.78, 5) is 15.1. The molecule has 2 aliphatic heterocycles. The van der Waals surface area contributed by atoms with Crippen molar-refractivity contribution >= 4 is 28.8 Å². The minimum atomic E-state index is 0.0684. The molecular weight excluding hydrogens is 468 g/mol. The number of halogens is 1. The molecule has 2 heterocycles.